The summed E-state index contributed by atoms with van der Waals surface area (Å²) in [6, 6.07) is 12.0. The van der Waals surface area contributed by atoms with Crippen LogP contribution in [0.4, 0.5) is 11.4 Å². The lowest BCUT2D eigenvalue weighted by Crippen LogP contribution is -2.38. The molecule has 1 atom stereocenters. The standard InChI is InChI=1S/C19H20N4O6S/c1-13(29-15-5-3-4-14(10-15)12-20)19(24)22-9-8-21-17-7-6-16(30(2,27)28)11-18(17)23(25)26/h3-7,10-11,13,21H,8-9H2,1-2H3,(H,22,24). The molecule has 0 saturated heterocycles. The van der Waals surface area contributed by atoms with E-state index in [4.69, 9.17) is 10.00 Å². The molecular weight excluding hydrogens is 412 g/mol. The number of nitriles is 1. The third kappa shape index (κ3) is 6.18. The number of nitrogens with zero attached hydrogens (tertiary/aromatic N) is 2. The number of benzene rings is 2. The minimum atomic E-state index is -3.57. The fourth-order valence-corrected chi connectivity index (χ4v) is 3.11. The van der Waals surface area contributed by atoms with Crippen LogP contribution in [0.3, 0.4) is 0 Å². The van der Waals surface area contributed by atoms with Gasteiger partial charge < -0.3 is 15.4 Å². The van der Waals surface area contributed by atoms with Crippen molar-refractivity contribution in [1.82, 2.24) is 5.32 Å². The second kappa shape index (κ2) is 9.71. The molecule has 2 rings (SSSR count). The number of carbonyl (C=O) groups is 1. The summed E-state index contributed by atoms with van der Waals surface area (Å²) in [6.45, 7) is 1.87. The Morgan fingerprint density at radius 3 is 2.63 bits per heavy atom. The monoisotopic (exact) mass is 432 g/mol. The molecule has 0 aliphatic rings. The highest BCUT2D eigenvalue weighted by Crippen LogP contribution is 2.27. The number of hydrogen-bond donors (Lipinski definition) is 2. The molecule has 10 nitrogen and oxygen atoms in total. The molecule has 30 heavy (non-hydrogen) atoms. The van der Waals surface area contributed by atoms with Gasteiger partial charge in [0, 0.05) is 25.4 Å². The van der Waals surface area contributed by atoms with Crippen molar-refractivity contribution < 1.29 is 22.9 Å². The zero-order valence-corrected chi connectivity index (χ0v) is 17.1. The first kappa shape index (κ1) is 22.6. The second-order valence-corrected chi connectivity index (χ2v) is 8.34. The van der Waals surface area contributed by atoms with Crippen LogP contribution in [-0.2, 0) is 14.6 Å². The highest BCUT2D eigenvalue weighted by atomic mass is 32.2. The van der Waals surface area contributed by atoms with Gasteiger partial charge in [-0.25, -0.2) is 8.42 Å². The molecule has 0 bridgehead atoms. The van der Waals surface area contributed by atoms with E-state index in [1.165, 1.54) is 18.2 Å². The first-order chi connectivity index (χ1) is 14.1. The summed E-state index contributed by atoms with van der Waals surface area (Å²) in [5, 5.41) is 25.5. The van der Waals surface area contributed by atoms with Gasteiger partial charge in [0.05, 0.1) is 21.5 Å². The summed E-state index contributed by atoms with van der Waals surface area (Å²) in [7, 11) is -3.57. The lowest BCUT2D eigenvalue weighted by Gasteiger charge is -2.15. The van der Waals surface area contributed by atoms with Crippen LogP contribution in [0.1, 0.15) is 12.5 Å². The van der Waals surface area contributed by atoms with E-state index in [1.807, 2.05) is 6.07 Å². The van der Waals surface area contributed by atoms with E-state index < -0.39 is 26.8 Å². The lowest BCUT2D eigenvalue weighted by atomic mass is 10.2. The first-order valence-corrected chi connectivity index (χ1v) is 10.7. The van der Waals surface area contributed by atoms with E-state index in [9.17, 15) is 23.3 Å². The average molecular weight is 432 g/mol. The summed E-state index contributed by atoms with van der Waals surface area (Å²) in [6.07, 6.45) is 0.149. The number of sulfone groups is 1. The van der Waals surface area contributed by atoms with E-state index in [0.29, 0.717) is 11.3 Å². The van der Waals surface area contributed by atoms with E-state index in [-0.39, 0.29) is 29.4 Å². The quantitative estimate of drug-likeness (QED) is 0.346. The number of ether oxygens (including phenoxy) is 1. The van der Waals surface area contributed by atoms with Gasteiger partial charge in [-0.05, 0) is 37.3 Å². The van der Waals surface area contributed by atoms with Gasteiger partial charge in [-0.15, -0.1) is 0 Å². The van der Waals surface area contributed by atoms with Crippen molar-refractivity contribution in [1.29, 1.82) is 5.26 Å². The summed E-state index contributed by atoms with van der Waals surface area (Å²) in [5.41, 5.74) is 0.172. The van der Waals surface area contributed by atoms with Crippen LogP contribution < -0.4 is 15.4 Å². The lowest BCUT2D eigenvalue weighted by molar-refractivity contribution is -0.384. The topological polar surface area (TPSA) is 151 Å². The number of hydrogen-bond acceptors (Lipinski definition) is 8. The molecule has 11 heteroatoms. The number of nitrogens with one attached hydrogen (secondary N) is 2. The van der Waals surface area contributed by atoms with Crippen LogP contribution in [0.15, 0.2) is 47.4 Å². The van der Waals surface area contributed by atoms with Gasteiger partial charge in [0.2, 0.25) is 0 Å². The molecule has 0 aromatic heterocycles. The number of amides is 1. The molecule has 0 aliphatic carbocycles. The highest BCUT2D eigenvalue weighted by Gasteiger charge is 2.19. The molecule has 0 saturated carbocycles. The van der Waals surface area contributed by atoms with Gasteiger partial charge in [0.15, 0.2) is 15.9 Å². The molecule has 2 N–H and O–H groups in total. The predicted molar refractivity (Wildman–Crippen MR) is 109 cm³/mol. The maximum absolute atomic E-state index is 12.1. The molecule has 2 aromatic rings. The Balaban J connectivity index is 1.90. The predicted octanol–water partition coefficient (Wildman–Crippen LogP) is 1.87. The zero-order valence-electron chi connectivity index (χ0n) is 16.3. The van der Waals surface area contributed by atoms with E-state index in [2.05, 4.69) is 10.6 Å². The number of nitro benzene ring substituents is 1. The molecule has 158 valence electrons. The molecule has 1 amide bonds. The first-order valence-electron chi connectivity index (χ1n) is 8.78. The Bertz CT molecular complexity index is 1090. The fourth-order valence-electron chi connectivity index (χ4n) is 2.47. The second-order valence-electron chi connectivity index (χ2n) is 6.33. The van der Waals surface area contributed by atoms with Crippen molar-refractivity contribution in [3.63, 3.8) is 0 Å². The molecule has 0 heterocycles. The Morgan fingerprint density at radius 2 is 2.00 bits per heavy atom. The van der Waals surface area contributed by atoms with E-state index in [1.54, 1.807) is 25.1 Å². The number of anilines is 1. The van der Waals surface area contributed by atoms with Gasteiger partial charge in [0.25, 0.3) is 11.6 Å². The Hall–Kier alpha value is -3.65. The number of nitro groups is 1. The summed E-state index contributed by atoms with van der Waals surface area (Å²) >= 11 is 0. The van der Waals surface area contributed by atoms with Crippen molar-refractivity contribution in [2.24, 2.45) is 0 Å². The summed E-state index contributed by atoms with van der Waals surface area (Å²) in [4.78, 5) is 22.5. The van der Waals surface area contributed by atoms with Gasteiger partial charge in [-0.1, -0.05) is 6.07 Å². The molecule has 0 radical (unpaired) electrons. The van der Waals surface area contributed by atoms with Crippen molar-refractivity contribution in [2.75, 3.05) is 24.7 Å². The van der Waals surface area contributed by atoms with Crippen LogP contribution in [-0.4, -0.2) is 44.7 Å². The largest absolute Gasteiger partial charge is 0.481 e. The molecule has 0 fully saturated rings. The van der Waals surface area contributed by atoms with Gasteiger partial charge in [-0.3, -0.25) is 14.9 Å². The maximum atomic E-state index is 12.1. The van der Waals surface area contributed by atoms with Crippen molar-refractivity contribution >= 4 is 27.1 Å². The van der Waals surface area contributed by atoms with Crippen molar-refractivity contribution in [3.8, 4) is 11.8 Å². The van der Waals surface area contributed by atoms with Gasteiger partial charge >= 0.3 is 0 Å². The van der Waals surface area contributed by atoms with E-state index in [0.717, 1.165) is 12.3 Å². The summed E-state index contributed by atoms with van der Waals surface area (Å²) in [5.74, 6) is -0.0162. The van der Waals surface area contributed by atoms with Crippen molar-refractivity contribution in [3.05, 3.63) is 58.1 Å². The normalized spacial score (nSPS) is 11.8. The Kier molecular flexibility index (Phi) is 7.32. The Morgan fingerprint density at radius 1 is 1.27 bits per heavy atom. The van der Waals surface area contributed by atoms with Crippen molar-refractivity contribution in [2.45, 2.75) is 17.9 Å². The minimum absolute atomic E-state index is 0.138. The van der Waals surface area contributed by atoms with Crippen LogP contribution in [0.2, 0.25) is 0 Å². The summed E-state index contributed by atoms with van der Waals surface area (Å²) < 4.78 is 28.6. The fraction of sp³-hybridized carbons (Fsp3) is 0.263. The van der Waals surface area contributed by atoms with Crippen LogP contribution in [0, 0.1) is 21.4 Å². The molecular formula is C19H20N4O6S. The Labute approximate surface area is 173 Å². The number of carbonyl (C=O) groups excluding carboxylic acids is 1. The van der Waals surface area contributed by atoms with Gasteiger partial charge in [-0.2, -0.15) is 5.26 Å². The molecule has 0 spiro atoms. The molecule has 2 aromatic carbocycles. The SMILES string of the molecule is CC(Oc1cccc(C#N)c1)C(=O)NCCNc1ccc(S(C)(=O)=O)cc1[N+](=O)[O-]. The van der Waals surface area contributed by atoms with Crippen LogP contribution >= 0.6 is 0 Å². The zero-order chi connectivity index (χ0) is 22.3. The maximum Gasteiger partial charge on any atom is 0.293 e. The number of rotatable bonds is 9. The molecule has 1 unspecified atom stereocenters. The third-order valence-corrected chi connectivity index (χ3v) is 5.09. The third-order valence-electron chi connectivity index (χ3n) is 3.98. The van der Waals surface area contributed by atoms with Gasteiger partial charge in [0.1, 0.15) is 11.4 Å². The van der Waals surface area contributed by atoms with E-state index >= 15 is 0 Å². The minimum Gasteiger partial charge on any atom is -0.481 e. The molecule has 0 aliphatic heterocycles. The highest BCUT2D eigenvalue weighted by molar-refractivity contribution is 7.90. The van der Waals surface area contributed by atoms with Crippen LogP contribution in [0.5, 0.6) is 5.75 Å². The van der Waals surface area contributed by atoms with Crippen LogP contribution in [0.25, 0.3) is 0 Å². The smallest absolute Gasteiger partial charge is 0.293 e. The average Bonchev–Trinajstić information content (AvgIpc) is 2.70.